The van der Waals surface area contributed by atoms with E-state index < -0.39 is 5.97 Å². The standard InChI is InChI=1S/C41H44O5/c1-28(2)15-14-22-34(27-45-40(42)32-18-10-6-11-19-32)35-24-23-29(3)37-36(35)25-30(4)38(46-41(43)33-20-12-7-13-21-33)39(37)44-26-31-16-8-5-9-17-31/h5-13,15-21,25,29,34-35H,14,22-24,26-27H2,1-4H3/t29-,34?,35+/m1/s1. The summed E-state index contributed by atoms with van der Waals surface area (Å²) in [5.41, 5.74) is 6.46. The van der Waals surface area contributed by atoms with Gasteiger partial charge in [0.15, 0.2) is 11.5 Å². The lowest BCUT2D eigenvalue weighted by molar-refractivity contribution is 0.0404. The van der Waals surface area contributed by atoms with Gasteiger partial charge in [-0.15, -0.1) is 0 Å². The van der Waals surface area contributed by atoms with Crippen molar-refractivity contribution in [3.63, 3.8) is 0 Å². The van der Waals surface area contributed by atoms with Crippen molar-refractivity contribution < 1.29 is 23.8 Å². The minimum Gasteiger partial charge on any atom is -0.485 e. The third-order valence-corrected chi connectivity index (χ3v) is 8.82. The van der Waals surface area contributed by atoms with Gasteiger partial charge in [0.1, 0.15) is 6.61 Å². The van der Waals surface area contributed by atoms with Crippen LogP contribution in [0.25, 0.3) is 0 Å². The highest BCUT2D eigenvalue weighted by molar-refractivity contribution is 5.91. The summed E-state index contributed by atoms with van der Waals surface area (Å²) in [6.07, 6.45) is 5.96. The minimum absolute atomic E-state index is 0.105. The second kappa shape index (κ2) is 15.6. The van der Waals surface area contributed by atoms with E-state index in [2.05, 4.69) is 32.9 Å². The largest absolute Gasteiger partial charge is 0.485 e. The number of allylic oxidation sites excluding steroid dienone is 2. The van der Waals surface area contributed by atoms with Gasteiger partial charge >= 0.3 is 11.9 Å². The lowest BCUT2D eigenvalue weighted by Gasteiger charge is -2.37. The Labute approximate surface area is 273 Å². The van der Waals surface area contributed by atoms with Gasteiger partial charge in [-0.1, -0.05) is 91.4 Å². The molecule has 46 heavy (non-hydrogen) atoms. The third kappa shape index (κ3) is 8.14. The first-order chi connectivity index (χ1) is 22.3. The molecule has 1 aliphatic rings. The van der Waals surface area contributed by atoms with Gasteiger partial charge < -0.3 is 14.2 Å². The number of aryl methyl sites for hydroxylation is 1. The van der Waals surface area contributed by atoms with Crippen molar-refractivity contribution in [2.45, 2.75) is 71.8 Å². The normalized spacial score (nSPS) is 16.1. The maximum Gasteiger partial charge on any atom is 0.343 e. The zero-order valence-electron chi connectivity index (χ0n) is 27.3. The van der Waals surface area contributed by atoms with Crippen molar-refractivity contribution in [2.75, 3.05) is 6.61 Å². The van der Waals surface area contributed by atoms with Crippen LogP contribution in [0.15, 0.2) is 109 Å². The molecule has 5 rings (SSSR count). The molecule has 0 saturated heterocycles. The van der Waals surface area contributed by atoms with Gasteiger partial charge in [0.2, 0.25) is 0 Å². The maximum absolute atomic E-state index is 13.3. The number of esters is 2. The van der Waals surface area contributed by atoms with Crippen LogP contribution in [-0.2, 0) is 11.3 Å². The summed E-state index contributed by atoms with van der Waals surface area (Å²) in [5, 5.41) is 0. The molecule has 0 amide bonds. The van der Waals surface area contributed by atoms with Crippen LogP contribution in [-0.4, -0.2) is 18.5 Å². The molecular weight excluding hydrogens is 572 g/mol. The molecule has 5 nitrogen and oxygen atoms in total. The molecular formula is C41H44O5. The van der Waals surface area contributed by atoms with E-state index in [1.807, 2.05) is 73.7 Å². The maximum atomic E-state index is 13.3. The summed E-state index contributed by atoms with van der Waals surface area (Å²) in [5.74, 6) is 0.823. The fraction of sp³-hybridized carbons (Fsp3) is 0.317. The van der Waals surface area contributed by atoms with Gasteiger partial charge in [0.25, 0.3) is 0 Å². The third-order valence-electron chi connectivity index (χ3n) is 8.82. The van der Waals surface area contributed by atoms with Crippen molar-refractivity contribution >= 4 is 11.9 Å². The van der Waals surface area contributed by atoms with E-state index in [1.54, 1.807) is 24.3 Å². The van der Waals surface area contributed by atoms with Gasteiger partial charge in [-0.05, 0) is 99.2 Å². The molecule has 0 N–H and O–H groups in total. The molecule has 238 valence electrons. The molecule has 0 saturated carbocycles. The van der Waals surface area contributed by atoms with Crippen molar-refractivity contribution in [2.24, 2.45) is 5.92 Å². The number of hydrogen-bond acceptors (Lipinski definition) is 5. The molecule has 0 radical (unpaired) electrons. The Morgan fingerprint density at radius 1 is 0.826 bits per heavy atom. The van der Waals surface area contributed by atoms with Gasteiger partial charge in [-0.2, -0.15) is 0 Å². The van der Waals surface area contributed by atoms with Crippen LogP contribution >= 0.6 is 0 Å². The number of carbonyl (C=O) groups excluding carboxylic acids is 2. The molecule has 1 aliphatic carbocycles. The van der Waals surface area contributed by atoms with Crippen LogP contribution in [0.5, 0.6) is 11.5 Å². The molecule has 4 aromatic carbocycles. The van der Waals surface area contributed by atoms with E-state index in [1.165, 1.54) is 11.1 Å². The first-order valence-electron chi connectivity index (χ1n) is 16.3. The lowest BCUT2D eigenvalue weighted by atomic mass is 9.70. The molecule has 1 unspecified atom stereocenters. The Morgan fingerprint density at radius 2 is 1.43 bits per heavy atom. The summed E-state index contributed by atoms with van der Waals surface area (Å²) in [7, 11) is 0. The summed E-state index contributed by atoms with van der Waals surface area (Å²) in [6.45, 7) is 9.10. The van der Waals surface area contributed by atoms with E-state index in [-0.39, 0.29) is 23.7 Å². The smallest absolute Gasteiger partial charge is 0.343 e. The van der Waals surface area contributed by atoms with Crippen molar-refractivity contribution in [3.05, 3.63) is 142 Å². The average Bonchev–Trinajstić information content (AvgIpc) is 3.07. The first-order valence-corrected chi connectivity index (χ1v) is 16.3. The highest BCUT2D eigenvalue weighted by Gasteiger charge is 2.36. The number of carbonyl (C=O) groups is 2. The van der Waals surface area contributed by atoms with E-state index in [0.717, 1.165) is 42.4 Å². The SMILES string of the molecule is CC(C)=CCCC(COC(=O)c1ccccc1)[C@@H]1CC[C@@H](C)c2c1cc(C)c(OC(=O)c1ccccc1)c2OCc1ccccc1. The summed E-state index contributed by atoms with van der Waals surface area (Å²) in [4.78, 5) is 26.3. The fourth-order valence-electron chi connectivity index (χ4n) is 6.40. The molecule has 0 heterocycles. The molecule has 0 bridgehead atoms. The Kier molecular flexibility index (Phi) is 11.1. The lowest BCUT2D eigenvalue weighted by Crippen LogP contribution is -2.26. The fourth-order valence-corrected chi connectivity index (χ4v) is 6.40. The Bertz CT molecular complexity index is 1640. The van der Waals surface area contributed by atoms with Gasteiger partial charge in [-0.25, -0.2) is 9.59 Å². The second-order valence-corrected chi connectivity index (χ2v) is 12.6. The van der Waals surface area contributed by atoms with Crippen molar-refractivity contribution in [3.8, 4) is 11.5 Å². The monoisotopic (exact) mass is 616 g/mol. The molecule has 0 aromatic heterocycles. The zero-order valence-corrected chi connectivity index (χ0v) is 27.3. The molecule has 0 aliphatic heterocycles. The molecule has 0 fully saturated rings. The molecule has 4 aromatic rings. The molecule has 3 atom stereocenters. The quantitative estimate of drug-likeness (QED) is 0.0901. The van der Waals surface area contributed by atoms with Crippen LogP contribution in [0.3, 0.4) is 0 Å². The summed E-state index contributed by atoms with van der Waals surface area (Å²) >= 11 is 0. The minimum atomic E-state index is -0.416. The van der Waals surface area contributed by atoms with Crippen molar-refractivity contribution in [1.82, 2.24) is 0 Å². The van der Waals surface area contributed by atoms with Gasteiger partial charge in [-0.3, -0.25) is 0 Å². The topological polar surface area (TPSA) is 61.8 Å². The highest BCUT2D eigenvalue weighted by atomic mass is 16.6. The second-order valence-electron chi connectivity index (χ2n) is 12.6. The summed E-state index contributed by atoms with van der Waals surface area (Å²) < 4.78 is 18.7. The molecule has 0 spiro atoms. The predicted octanol–water partition coefficient (Wildman–Crippen LogP) is 9.99. The Balaban J connectivity index is 1.53. The number of benzene rings is 4. The highest BCUT2D eigenvalue weighted by Crippen LogP contribution is 2.51. The van der Waals surface area contributed by atoms with Gasteiger partial charge in [0.05, 0.1) is 17.7 Å². The van der Waals surface area contributed by atoms with E-state index in [0.29, 0.717) is 35.8 Å². The number of rotatable bonds is 12. The number of ether oxygens (including phenoxy) is 3. The first kappa shape index (κ1) is 32.7. The number of fused-ring (bicyclic) bond motifs is 1. The predicted molar refractivity (Wildman–Crippen MR) is 183 cm³/mol. The van der Waals surface area contributed by atoms with E-state index in [9.17, 15) is 9.59 Å². The van der Waals surface area contributed by atoms with E-state index in [4.69, 9.17) is 14.2 Å². The van der Waals surface area contributed by atoms with Gasteiger partial charge in [0, 0.05) is 11.5 Å². The Morgan fingerprint density at radius 3 is 2.07 bits per heavy atom. The molecule has 5 heteroatoms. The van der Waals surface area contributed by atoms with Crippen molar-refractivity contribution in [1.29, 1.82) is 0 Å². The Hall–Kier alpha value is -4.64. The average molecular weight is 617 g/mol. The van der Waals surface area contributed by atoms with Crippen LogP contribution < -0.4 is 9.47 Å². The van der Waals surface area contributed by atoms with Crippen LogP contribution in [0.4, 0.5) is 0 Å². The van der Waals surface area contributed by atoms with Crippen LogP contribution in [0.1, 0.15) is 101 Å². The van der Waals surface area contributed by atoms with Crippen LogP contribution in [0.2, 0.25) is 0 Å². The summed E-state index contributed by atoms with van der Waals surface area (Å²) in [6, 6.07) is 30.4. The zero-order chi connectivity index (χ0) is 32.5. The van der Waals surface area contributed by atoms with E-state index >= 15 is 0 Å². The van der Waals surface area contributed by atoms with Crippen LogP contribution in [0, 0.1) is 12.8 Å². The number of hydrogen-bond donors (Lipinski definition) is 0.